The zero-order valence-corrected chi connectivity index (χ0v) is 13.7. The molecular weight excluding hydrogens is 303 g/mol. The zero-order chi connectivity index (χ0) is 14.1. The van der Waals surface area contributed by atoms with Gasteiger partial charge in [0.1, 0.15) is 11.2 Å². The molecule has 4 nitrogen and oxygen atoms in total. The molecule has 0 aliphatic carbocycles. The molecular formula is C12H19O4PS2. The molecule has 1 unspecified atom stereocenters. The average molecular weight is 322 g/mol. The van der Waals surface area contributed by atoms with E-state index in [1.54, 1.807) is 14.2 Å². The molecule has 0 fully saturated rings. The van der Waals surface area contributed by atoms with E-state index in [-0.39, 0.29) is 0 Å². The number of hydrogen-bond donors (Lipinski definition) is 1. The predicted octanol–water partition coefficient (Wildman–Crippen LogP) is 2.24. The minimum absolute atomic E-state index is 0.427. The van der Waals surface area contributed by atoms with Gasteiger partial charge in [-0.05, 0) is 24.3 Å². The summed E-state index contributed by atoms with van der Waals surface area (Å²) >= 11 is 9.89. The van der Waals surface area contributed by atoms with Gasteiger partial charge in [-0.2, -0.15) is 0 Å². The van der Waals surface area contributed by atoms with E-state index in [1.165, 1.54) is 0 Å². The van der Waals surface area contributed by atoms with Gasteiger partial charge >= 0.3 is 0 Å². The predicted molar refractivity (Wildman–Crippen MR) is 84.5 cm³/mol. The van der Waals surface area contributed by atoms with Crippen LogP contribution < -0.4 is 10.0 Å². The zero-order valence-electron chi connectivity index (χ0n) is 11.1. The Bertz CT molecular complexity index is 411. The second-order valence-electron chi connectivity index (χ2n) is 3.66. The van der Waals surface area contributed by atoms with Crippen LogP contribution in [-0.2, 0) is 25.8 Å². The van der Waals surface area contributed by atoms with Crippen LogP contribution in [-0.4, -0.2) is 40.6 Å². The molecule has 0 saturated heterocycles. The molecule has 1 aromatic rings. The quantitative estimate of drug-likeness (QED) is 0.429. The van der Waals surface area contributed by atoms with Gasteiger partial charge in [0.15, 0.2) is 0 Å². The minimum atomic E-state index is -2.27. The lowest BCUT2D eigenvalue weighted by atomic mass is 10.3. The van der Waals surface area contributed by atoms with Gasteiger partial charge < -0.3 is 18.7 Å². The van der Waals surface area contributed by atoms with E-state index in [0.29, 0.717) is 26.4 Å². The molecule has 0 spiro atoms. The van der Waals surface area contributed by atoms with Crippen molar-refractivity contribution in [2.24, 2.45) is 0 Å². The van der Waals surface area contributed by atoms with E-state index in [0.717, 1.165) is 11.1 Å². The summed E-state index contributed by atoms with van der Waals surface area (Å²) in [6, 6.07) is 7.48. The number of rotatable bonds is 9. The standard InChI is InChI=1S/C12H19O4PS2/c1-13-7-8-15-9-10-16-17(18,19)12-5-3-11(14-2)4-6-12/h3-6H,7-10H2,1-2H3,(H,18,19). The Kier molecular flexibility index (Phi) is 7.99. The van der Waals surface area contributed by atoms with Crippen LogP contribution in [0.4, 0.5) is 0 Å². The van der Waals surface area contributed by atoms with Crippen LogP contribution in [0, 0.1) is 0 Å². The first-order valence-corrected chi connectivity index (χ1v) is 9.66. The third-order valence-electron chi connectivity index (χ3n) is 2.32. The molecule has 0 aliphatic heterocycles. The fourth-order valence-corrected chi connectivity index (χ4v) is 3.54. The summed E-state index contributed by atoms with van der Waals surface area (Å²) in [7, 11) is 3.26. The molecule has 1 rings (SSSR count). The summed E-state index contributed by atoms with van der Waals surface area (Å²) in [6.45, 7) is 2.04. The highest BCUT2D eigenvalue weighted by Gasteiger charge is 2.15. The molecule has 7 heteroatoms. The molecule has 0 radical (unpaired) electrons. The van der Waals surface area contributed by atoms with Crippen molar-refractivity contribution in [3.05, 3.63) is 24.3 Å². The Morgan fingerprint density at radius 2 is 1.68 bits per heavy atom. The van der Waals surface area contributed by atoms with Crippen LogP contribution in [0.25, 0.3) is 0 Å². The number of ether oxygens (including phenoxy) is 3. The van der Waals surface area contributed by atoms with Crippen LogP contribution >= 0.6 is 17.7 Å². The monoisotopic (exact) mass is 322 g/mol. The Morgan fingerprint density at radius 3 is 2.26 bits per heavy atom. The topological polar surface area (TPSA) is 36.9 Å². The first-order chi connectivity index (χ1) is 9.10. The van der Waals surface area contributed by atoms with Crippen molar-refractivity contribution < 1.29 is 18.7 Å². The van der Waals surface area contributed by atoms with Crippen LogP contribution in [0.15, 0.2) is 24.3 Å². The lowest BCUT2D eigenvalue weighted by Gasteiger charge is -2.17. The molecule has 0 aromatic heterocycles. The lowest BCUT2D eigenvalue weighted by molar-refractivity contribution is 0.0568. The molecule has 0 N–H and O–H groups in total. The minimum Gasteiger partial charge on any atom is -0.497 e. The summed E-state index contributed by atoms with van der Waals surface area (Å²) in [5.41, 5.74) is -2.27. The van der Waals surface area contributed by atoms with Crippen LogP contribution in [0.3, 0.4) is 0 Å². The van der Waals surface area contributed by atoms with Crippen molar-refractivity contribution >= 4 is 34.8 Å². The van der Waals surface area contributed by atoms with Gasteiger partial charge in [-0.3, -0.25) is 0 Å². The fourth-order valence-electron chi connectivity index (χ4n) is 1.31. The molecule has 0 aliphatic rings. The second kappa shape index (κ2) is 8.95. The van der Waals surface area contributed by atoms with Crippen molar-refractivity contribution in [2.75, 3.05) is 40.6 Å². The van der Waals surface area contributed by atoms with Crippen LogP contribution in [0.2, 0.25) is 0 Å². The van der Waals surface area contributed by atoms with Gasteiger partial charge in [0.05, 0.1) is 33.5 Å². The summed E-state index contributed by atoms with van der Waals surface area (Å²) in [4.78, 5) is 0. The van der Waals surface area contributed by atoms with Gasteiger partial charge in [-0.25, -0.2) is 0 Å². The van der Waals surface area contributed by atoms with E-state index in [4.69, 9.17) is 30.5 Å². The normalized spacial score (nSPS) is 14.1. The van der Waals surface area contributed by atoms with Crippen molar-refractivity contribution in [1.82, 2.24) is 0 Å². The Labute approximate surface area is 124 Å². The number of thiol groups is 1. The summed E-state index contributed by atoms with van der Waals surface area (Å²) in [5, 5.41) is 0.906. The molecule has 0 amide bonds. The van der Waals surface area contributed by atoms with Crippen LogP contribution in [0.5, 0.6) is 5.75 Å². The largest absolute Gasteiger partial charge is 0.497 e. The number of methoxy groups -OCH3 is 2. The smallest absolute Gasteiger partial charge is 0.145 e. The molecule has 0 saturated carbocycles. The molecule has 0 bridgehead atoms. The average Bonchev–Trinajstić information content (AvgIpc) is 2.43. The van der Waals surface area contributed by atoms with E-state index in [9.17, 15) is 0 Å². The van der Waals surface area contributed by atoms with Gasteiger partial charge in [0, 0.05) is 12.4 Å². The van der Waals surface area contributed by atoms with E-state index >= 15 is 0 Å². The third kappa shape index (κ3) is 6.25. The highest BCUT2D eigenvalue weighted by atomic mass is 32.9. The molecule has 1 atom stereocenters. The van der Waals surface area contributed by atoms with Gasteiger partial charge in [0.25, 0.3) is 0 Å². The number of benzene rings is 1. The maximum atomic E-state index is 5.65. The maximum absolute atomic E-state index is 5.65. The van der Waals surface area contributed by atoms with Crippen molar-refractivity contribution in [3.63, 3.8) is 0 Å². The molecule has 0 heterocycles. The molecule has 19 heavy (non-hydrogen) atoms. The fraction of sp³-hybridized carbons (Fsp3) is 0.500. The van der Waals surface area contributed by atoms with Crippen molar-refractivity contribution in [3.8, 4) is 5.75 Å². The SMILES string of the molecule is COCCOCCOP(=S)(S)c1ccc(OC)cc1. The first-order valence-electron chi connectivity index (χ1n) is 5.79. The van der Waals surface area contributed by atoms with E-state index < -0.39 is 5.47 Å². The van der Waals surface area contributed by atoms with E-state index in [1.807, 2.05) is 24.3 Å². The summed E-state index contributed by atoms with van der Waals surface area (Å²) in [6.07, 6.45) is 0. The first kappa shape index (κ1) is 17.0. The Hall–Kier alpha value is -0.100. The molecule has 108 valence electrons. The van der Waals surface area contributed by atoms with Crippen molar-refractivity contribution in [1.29, 1.82) is 0 Å². The van der Waals surface area contributed by atoms with Gasteiger partial charge in [-0.15, -0.1) is 12.2 Å². The highest BCUT2D eigenvalue weighted by molar-refractivity contribution is 8.64. The lowest BCUT2D eigenvalue weighted by Crippen LogP contribution is -2.10. The Morgan fingerprint density at radius 1 is 1.05 bits per heavy atom. The second-order valence-corrected chi connectivity index (χ2v) is 9.52. The highest BCUT2D eigenvalue weighted by Crippen LogP contribution is 2.50. The van der Waals surface area contributed by atoms with Gasteiger partial charge in [0.2, 0.25) is 0 Å². The van der Waals surface area contributed by atoms with E-state index in [2.05, 4.69) is 12.2 Å². The third-order valence-corrected chi connectivity index (χ3v) is 5.80. The molecule has 1 aromatic carbocycles. The summed E-state index contributed by atoms with van der Waals surface area (Å²) in [5.74, 6) is 0.787. The van der Waals surface area contributed by atoms with Crippen molar-refractivity contribution in [2.45, 2.75) is 0 Å². The van der Waals surface area contributed by atoms with Crippen LogP contribution in [0.1, 0.15) is 0 Å². The maximum Gasteiger partial charge on any atom is 0.145 e. The Balaban J connectivity index is 2.39. The summed E-state index contributed by atoms with van der Waals surface area (Å²) < 4.78 is 20.9. The number of hydrogen-bond acceptors (Lipinski definition) is 5. The van der Waals surface area contributed by atoms with Gasteiger partial charge in [-0.1, -0.05) is 11.8 Å².